The third kappa shape index (κ3) is 5.85. The Morgan fingerprint density at radius 2 is 1.73 bits per heavy atom. The molecule has 41 heavy (non-hydrogen) atoms. The Morgan fingerprint density at radius 1 is 0.976 bits per heavy atom. The van der Waals surface area contributed by atoms with E-state index in [1.54, 1.807) is 31.4 Å². The Morgan fingerprint density at radius 3 is 2.44 bits per heavy atom. The van der Waals surface area contributed by atoms with Crippen LogP contribution in [0.25, 0.3) is 22.0 Å². The summed E-state index contributed by atoms with van der Waals surface area (Å²) in [5.74, 6) is -0.427. The number of halogens is 1. The number of esters is 1. The number of hydrogen-bond donors (Lipinski definition) is 2. The zero-order valence-electron chi connectivity index (χ0n) is 21.5. The zero-order valence-corrected chi connectivity index (χ0v) is 23.0. The van der Waals surface area contributed by atoms with Gasteiger partial charge in [0.1, 0.15) is 17.2 Å². The van der Waals surface area contributed by atoms with Gasteiger partial charge in [0.05, 0.1) is 29.3 Å². The van der Waals surface area contributed by atoms with E-state index in [1.165, 1.54) is 30.5 Å². The fourth-order valence-electron chi connectivity index (χ4n) is 4.24. The van der Waals surface area contributed by atoms with Gasteiger partial charge in [-0.15, -0.1) is 0 Å². The molecule has 5 aromatic rings. The molecular formula is C30H21BrN4O6. The molecule has 0 radical (unpaired) electrons. The first kappa shape index (κ1) is 27.3. The van der Waals surface area contributed by atoms with Crippen molar-refractivity contribution in [2.75, 3.05) is 7.11 Å². The number of non-ortho nitro benzene ring substituents is 1. The molecule has 5 rings (SSSR count). The third-order valence-corrected chi connectivity index (χ3v) is 6.66. The smallest absolute Gasteiger partial charge is 0.343 e. The van der Waals surface area contributed by atoms with Crippen molar-refractivity contribution in [2.45, 2.75) is 0 Å². The Kier molecular flexibility index (Phi) is 7.88. The monoisotopic (exact) mass is 612 g/mol. The number of aromatic nitrogens is 1. The molecule has 11 heteroatoms. The van der Waals surface area contributed by atoms with E-state index >= 15 is 0 Å². The van der Waals surface area contributed by atoms with Gasteiger partial charge in [0.2, 0.25) is 0 Å². The lowest BCUT2D eigenvalue weighted by Crippen LogP contribution is -2.19. The lowest BCUT2D eigenvalue weighted by Gasteiger charge is -2.08. The summed E-state index contributed by atoms with van der Waals surface area (Å²) in [6, 6.07) is 25.0. The van der Waals surface area contributed by atoms with Crippen LogP contribution < -0.4 is 14.9 Å². The van der Waals surface area contributed by atoms with E-state index in [4.69, 9.17) is 9.47 Å². The van der Waals surface area contributed by atoms with Crippen LogP contribution in [0.5, 0.6) is 11.5 Å². The molecule has 0 aliphatic rings. The maximum absolute atomic E-state index is 13.3. The number of nitrogens with one attached hydrogen (secondary N) is 2. The summed E-state index contributed by atoms with van der Waals surface area (Å²) in [5, 5.41) is 15.8. The molecule has 2 N–H and O–H groups in total. The van der Waals surface area contributed by atoms with Crippen molar-refractivity contribution in [1.29, 1.82) is 0 Å². The van der Waals surface area contributed by atoms with Gasteiger partial charge in [-0.25, -0.2) is 10.2 Å². The highest BCUT2D eigenvalue weighted by Crippen LogP contribution is 2.36. The zero-order chi connectivity index (χ0) is 28.9. The minimum absolute atomic E-state index is 0.136. The highest BCUT2D eigenvalue weighted by molar-refractivity contribution is 9.10. The summed E-state index contributed by atoms with van der Waals surface area (Å²) in [6.45, 7) is 0. The average molecular weight is 613 g/mol. The first-order valence-electron chi connectivity index (χ1n) is 12.2. The fraction of sp³-hybridized carbons (Fsp3) is 0.0333. The molecule has 1 amide bonds. The number of hydrazone groups is 1. The molecule has 0 saturated heterocycles. The number of rotatable bonds is 8. The van der Waals surface area contributed by atoms with Crippen molar-refractivity contribution < 1.29 is 24.0 Å². The number of nitro benzene ring substituents is 1. The van der Waals surface area contributed by atoms with Gasteiger partial charge >= 0.3 is 5.97 Å². The minimum Gasteiger partial charge on any atom is -0.495 e. The number of H-pyrrole nitrogens is 1. The fourth-order valence-corrected chi connectivity index (χ4v) is 4.62. The SMILES string of the molecule is COc1cccc2c(-c3ccccc3)c(C(=O)NN=Cc3cc(Br)ccc3OC(=O)c3ccc([N+](=O)[O-])cc3)[nH]c12. The van der Waals surface area contributed by atoms with Crippen molar-refractivity contribution in [3.8, 4) is 22.6 Å². The molecule has 0 bridgehead atoms. The van der Waals surface area contributed by atoms with Crippen molar-refractivity contribution in [3.05, 3.63) is 122 Å². The van der Waals surface area contributed by atoms with E-state index in [1.807, 2.05) is 42.5 Å². The van der Waals surface area contributed by atoms with Gasteiger partial charge in [-0.05, 0) is 42.0 Å². The van der Waals surface area contributed by atoms with Crippen molar-refractivity contribution in [1.82, 2.24) is 10.4 Å². The van der Waals surface area contributed by atoms with Gasteiger partial charge in [-0.2, -0.15) is 5.10 Å². The molecule has 1 heterocycles. The van der Waals surface area contributed by atoms with Crippen LogP contribution in [-0.4, -0.2) is 35.1 Å². The third-order valence-electron chi connectivity index (χ3n) is 6.16. The molecule has 0 aliphatic heterocycles. The van der Waals surface area contributed by atoms with Crippen LogP contribution in [0.1, 0.15) is 26.4 Å². The summed E-state index contributed by atoms with van der Waals surface area (Å²) in [7, 11) is 1.56. The molecule has 10 nitrogen and oxygen atoms in total. The van der Waals surface area contributed by atoms with Crippen LogP contribution in [0.3, 0.4) is 0 Å². The first-order valence-corrected chi connectivity index (χ1v) is 13.0. The van der Waals surface area contributed by atoms with Crippen molar-refractivity contribution >= 4 is 50.6 Å². The Bertz CT molecular complexity index is 1800. The molecule has 1 aromatic heterocycles. The maximum Gasteiger partial charge on any atom is 0.343 e. The first-order chi connectivity index (χ1) is 19.9. The number of carbonyl (C=O) groups excluding carboxylic acids is 2. The Balaban J connectivity index is 1.40. The van der Waals surface area contributed by atoms with Gasteiger partial charge in [0.25, 0.3) is 11.6 Å². The molecular weight excluding hydrogens is 592 g/mol. The summed E-state index contributed by atoms with van der Waals surface area (Å²) in [6.07, 6.45) is 1.35. The highest BCUT2D eigenvalue weighted by atomic mass is 79.9. The number of ether oxygens (including phenoxy) is 2. The van der Waals surface area contributed by atoms with E-state index in [-0.39, 0.29) is 17.0 Å². The van der Waals surface area contributed by atoms with Gasteiger partial charge in [-0.3, -0.25) is 14.9 Å². The lowest BCUT2D eigenvalue weighted by molar-refractivity contribution is -0.384. The number of aromatic amines is 1. The lowest BCUT2D eigenvalue weighted by atomic mass is 10.0. The van der Waals surface area contributed by atoms with E-state index in [0.29, 0.717) is 32.6 Å². The average Bonchev–Trinajstić information content (AvgIpc) is 3.39. The molecule has 0 spiro atoms. The number of carbonyl (C=O) groups is 2. The van der Waals surface area contributed by atoms with Crippen LogP contribution in [-0.2, 0) is 0 Å². The Hall–Kier alpha value is -5.29. The molecule has 0 fully saturated rings. The van der Waals surface area contributed by atoms with Crippen molar-refractivity contribution in [2.24, 2.45) is 5.10 Å². The number of amides is 1. The number of benzene rings is 4. The normalized spacial score (nSPS) is 11.0. The molecule has 0 atom stereocenters. The quantitative estimate of drug-likeness (QED) is 0.0675. The second-order valence-electron chi connectivity index (χ2n) is 8.70. The minimum atomic E-state index is -0.708. The number of nitrogens with zero attached hydrogens (tertiary/aromatic N) is 2. The van der Waals surface area contributed by atoms with Crippen LogP contribution in [0, 0.1) is 10.1 Å². The number of fused-ring (bicyclic) bond motifs is 1. The van der Waals surface area contributed by atoms with E-state index in [2.05, 4.69) is 31.4 Å². The van der Waals surface area contributed by atoms with Crippen molar-refractivity contribution in [3.63, 3.8) is 0 Å². The van der Waals surface area contributed by atoms with Gasteiger partial charge in [0.15, 0.2) is 0 Å². The summed E-state index contributed by atoms with van der Waals surface area (Å²) in [4.78, 5) is 39.5. The summed E-state index contributed by atoms with van der Waals surface area (Å²) < 4.78 is 11.7. The predicted octanol–water partition coefficient (Wildman–Crippen LogP) is 6.50. The topological polar surface area (TPSA) is 136 Å². The van der Waals surface area contributed by atoms with Crippen LogP contribution in [0.2, 0.25) is 0 Å². The second-order valence-corrected chi connectivity index (χ2v) is 9.61. The van der Waals surface area contributed by atoms with E-state index < -0.39 is 16.8 Å². The predicted molar refractivity (Wildman–Crippen MR) is 158 cm³/mol. The Labute approximate surface area is 241 Å². The standard InChI is InChI=1S/C30H21BrN4O6/c1-40-25-9-5-8-23-26(18-6-3-2-4-7-18)28(33-27(23)25)29(36)34-32-17-20-16-21(31)12-15-24(20)41-30(37)19-10-13-22(14-11-19)35(38)39/h2-17,33H,1H3,(H,34,36). The van der Waals surface area contributed by atoms with Gasteiger partial charge in [0, 0.05) is 33.1 Å². The van der Waals surface area contributed by atoms with Gasteiger partial charge < -0.3 is 14.5 Å². The number of para-hydroxylation sites is 1. The highest BCUT2D eigenvalue weighted by Gasteiger charge is 2.21. The molecule has 204 valence electrons. The van der Waals surface area contributed by atoms with E-state index in [9.17, 15) is 19.7 Å². The van der Waals surface area contributed by atoms with Crippen LogP contribution in [0.15, 0.2) is 101 Å². The molecule has 4 aromatic carbocycles. The number of hydrogen-bond acceptors (Lipinski definition) is 7. The maximum atomic E-state index is 13.3. The van der Waals surface area contributed by atoms with Crippen LogP contribution in [0.4, 0.5) is 5.69 Å². The van der Waals surface area contributed by atoms with Crippen LogP contribution >= 0.6 is 15.9 Å². The molecule has 0 unspecified atom stereocenters. The second kappa shape index (κ2) is 11.8. The number of nitro groups is 1. The molecule has 0 saturated carbocycles. The van der Waals surface area contributed by atoms with E-state index in [0.717, 1.165) is 10.9 Å². The molecule has 0 aliphatic carbocycles. The largest absolute Gasteiger partial charge is 0.495 e. The number of methoxy groups -OCH3 is 1. The summed E-state index contributed by atoms with van der Waals surface area (Å²) in [5.41, 5.74) is 5.46. The van der Waals surface area contributed by atoms with Gasteiger partial charge in [-0.1, -0.05) is 58.4 Å². The summed E-state index contributed by atoms with van der Waals surface area (Å²) >= 11 is 3.38.